The van der Waals surface area contributed by atoms with Crippen molar-refractivity contribution in [3.05, 3.63) is 23.0 Å². The summed E-state index contributed by atoms with van der Waals surface area (Å²) in [5.74, 6) is -0.0359. The summed E-state index contributed by atoms with van der Waals surface area (Å²) < 4.78 is 13.2. The molecule has 1 aromatic carbocycles. The van der Waals surface area contributed by atoms with Gasteiger partial charge in [-0.1, -0.05) is 17.4 Å². The van der Waals surface area contributed by atoms with Gasteiger partial charge in [0.2, 0.25) is 5.91 Å². The number of thiazole rings is 1. The number of nitrogens with zero attached hydrogens (tertiary/aromatic N) is 2. The van der Waals surface area contributed by atoms with E-state index in [2.05, 4.69) is 4.99 Å². The Labute approximate surface area is 132 Å². The second kappa shape index (κ2) is 7.22. The molecule has 6 nitrogen and oxygen atoms in total. The van der Waals surface area contributed by atoms with Crippen molar-refractivity contribution in [2.24, 2.45) is 4.99 Å². The lowest BCUT2D eigenvalue weighted by atomic mass is 10.3. The maximum absolute atomic E-state index is 11.9. The highest BCUT2D eigenvalue weighted by molar-refractivity contribution is 7.16. The number of amides is 1. The zero-order valence-electron chi connectivity index (χ0n) is 12.8. The van der Waals surface area contributed by atoms with E-state index in [1.54, 1.807) is 11.5 Å². The molecule has 0 unspecified atom stereocenters. The van der Waals surface area contributed by atoms with Crippen molar-refractivity contribution in [3.8, 4) is 5.75 Å². The first kappa shape index (κ1) is 16.2. The zero-order valence-corrected chi connectivity index (χ0v) is 13.6. The molecule has 22 heavy (non-hydrogen) atoms. The highest BCUT2D eigenvalue weighted by atomic mass is 32.1. The lowest BCUT2D eigenvalue weighted by Crippen LogP contribution is -2.23. The third-order valence-electron chi connectivity index (χ3n) is 2.81. The summed E-state index contributed by atoms with van der Waals surface area (Å²) in [6.45, 7) is 5.82. The molecular formula is C15H18N2O4S. The van der Waals surface area contributed by atoms with Crippen LogP contribution in [-0.2, 0) is 20.9 Å². The predicted octanol–water partition coefficient (Wildman–Crippen LogP) is 2.11. The van der Waals surface area contributed by atoms with E-state index >= 15 is 0 Å². The Morgan fingerprint density at radius 2 is 2.05 bits per heavy atom. The number of rotatable bonds is 5. The highest BCUT2D eigenvalue weighted by Crippen LogP contribution is 2.27. The van der Waals surface area contributed by atoms with Crippen LogP contribution >= 0.6 is 11.3 Å². The Bertz CT molecular complexity index is 760. The SMILES string of the molecule is CCOC(=O)Cn1c(=NC(C)=O)sc2cccc(OCC)c21. The molecule has 118 valence electrons. The second-order valence-electron chi connectivity index (χ2n) is 4.44. The van der Waals surface area contributed by atoms with E-state index in [9.17, 15) is 9.59 Å². The van der Waals surface area contributed by atoms with Crippen molar-refractivity contribution < 1.29 is 19.1 Å². The lowest BCUT2D eigenvalue weighted by Gasteiger charge is -2.09. The molecule has 0 fully saturated rings. The van der Waals surface area contributed by atoms with E-state index in [4.69, 9.17) is 9.47 Å². The third kappa shape index (κ3) is 3.54. The van der Waals surface area contributed by atoms with Gasteiger partial charge in [0.1, 0.15) is 17.8 Å². The smallest absolute Gasteiger partial charge is 0.326 e. The normalized spacial score (nSPS) is 11.7. The molecule has 0 N–H and O–H groups in total. The van der Waals surface area contributed by atoms with Gasteiger partial charge in [0.25, 0.3) is 0 Å². The van der Waals surface area contributed by atoms with Crippen LogP contribution in [0.4, 0.5) is 0 Å². The molecule has 0 saturated carbocycles. The summed E-state index contributed by atoms with van der Waals surface area (Å²) in [6.07, 6.45) is 0. The zero-order chi connectivity index (χ0) is 16.1. The van der Waals surface area contributed by atoms with E-state index in [0.29, 0.717) is 23.8 Å². The van der Waals surface area contributed by atoms with Crippen molar-refractivity contribution in [1.29, 1.82) is 0 Å². The van der Waals surface area contributed by atoms with Crippen LogP contribution in [0.15, 0.2) is 23.2 Å². The first-order valence-electron chi connectivity index (χ1n) is 7.02. The fraction of sp³-hybridized carbons (Fsp3) is 0.400. The summed E-state index contributed by atoms with van der Waals surface area (Å²) in [4.78, 5) is 27.7. The Morgan fingerprint density at radius 3 is 2.68 bits per heavy atom. The van der Waals surface area contributed by atoms with Crippen LogP contribution in [0.2, 0.25) is 0 Å². The van der Waals surface area contributed by atoms with E-state index in [-0.39, 0.29) is 18.4 Å². The molecule has 0 aliphatic carbocycles. The van der Waals surface area contributed by atoms with Crippen LogP contribution in [0.25, 0.3) is 10.2 Å². The third-order valence-corrected chi connectivity index (χ3v) is 3.85. The summed E-state index contributed by atoms with van der Waals surface area (Å²) in [5, 5.41) is 0. The van der Waals surface area contributed by atoms with E-state index in [0.717, 1.165) is 10.2 Å². The maximum Gasteiger partial charge on any atom is 0.326 e. The number of hydrogen-bond acceptors (Lipinski definition) is 5. The van der Waals surface area contributed by atoms with Crippen LogP contribution in [0.5, 0.6) is 5.75 Å². The van der Waals surface area contributed by atoms with Crippen LogP contribution in [-0.4, -0.2) is 29.7 Å². The number of ether oxygens (including phenoxy) is 2. The molecule has 0 bridgehead atoms. The minimum atomic E-state index is -0.376. The van der Waals surface area contributed by atoms with Gasteiger partial charge in [-0.05, 0) is 26.0 Å². The van der Waals surface area contributed by atoms with E-state index < -0.39 is 0 Å². The molecule has 1 amide bonds. The topological polar surface area (TPSA) is 69.9 Å². The van der Waals surface area contributed by atoms with E-state index in [1.165, 1.54) is 18.3 Å². The predicted molar refractivity (Wildman–Crippen MR) is 83.9 cm³/mol. The number of para-hydroxylation sites is 1. The van der Waals surface area contributed by atoms with E-state index in [1.807, 2.05) is 25.1 Å². The Kier molecular flexibility index (Phi) is 5.32. The second-order valence-corrected chi connectivity index (χ2v) is 5.45. The molecule has 0 aliphatic rings. The molecule has 0 spiro atoms. The number of benzene rings is 1. The molecular weight excluding hydrogens is 304 g/mol. The average Bonchev–Trinajstić information content (AvgIpc) is 2.77. The van der Waals surface area contributed by atoms with Crippen LogP contribution < -0.4 is 9.54 Å². The lowest BCUT2D eigenvalue weighted by molar-refractivity contribution is -0.143. The molecule has 0 aliphatic heterocycles. The molecule has 0 radical (unpaired) electrons. The van der Waals surface area contributed by atoms with Gasteiger partial charge in [0.05, 0.1) is 17.9 Å². The first-order chi connectivity index (χ1) is 10.6. The number of esters is 1. The number of carbonyl (C=O) groups is 2. The Morgan fingerprint density at radius 1 is 1.27 bits per heavy atom. The summed E-state index contributed by atoms with van der Waals surface area (Å²) in [7, 11) is 0. The molecule has 1 aromatic heterocycles. The fourth-order valence-corrected chi connectivity index (χ4v) is 3.16. The summed E-state index contributed by atoms with van der Waals surface area (Å²) >= 11 is 1.34. The minimum absolute atomic E-state index is 0.00988. The van der Waals surface area contributed by atoms with Crippen molar-refractivity contribution in [2.45, 2.75) is 27.3 Å². The standard InChI is InChI=1S/C15H18N2O4S/c1-4-20-11-7-6-8-12-14(11)17(9-13(19)21-5-2)15(22-12)16-10(3)18/h6-8H,4-5,9H2,1-3H3. The van der Waals surface area contributed by atoms with Crippen molar-refractivity contribution in [1.82, 2.24) is 4.57 Å². The van der Waals surface area contributed by atoms with Crippen molar-refractivity contribution >= 4 is 33.4 Å². The minimum Gasteiger partial charge on any atom is -0.492 e. The monoisotopic (exact) mass is 322 g/mol. The Hall–Kier alpha value is -2.15. The quantitative estimate of drug-likeness (QED) is 0.791. The Balaban J connectivity index is 2.65. The number of fused-ring (bicyclic) bond motifs is 1. The van der Waals surface area contributed by atoms with Crippen molar-refractivity contribution in [2.75, 3.05) is 13.2 Å². The van der Waals surface area contributed by atoms with Gasteiger partial charge in [-0.3, -0.25) is 9.59 Å². The van der Waals surface area contributed by atoms with Gasteiger partial charge >= 0.3 is 5.97 Å². The largest absolute Gasteiger partial charge is 0.492 e. The first-order valence-corrected chi connectivity index (χ1v) is 7.84. The number of carbonyl (C=O) groups excluding carboxylic acids is 2. The molecule has 1 heterocycles. The van der Waals surface area contributed by atoms with Crippen LogP contribution in [0.1, 0.15) is 20.8 Å². The molecule has 0 atom stereocenters. The van der Waals surface area contributed by atoms with Gasteiger partial charge in [-0.25, -0.2) is 0 Å². The van der Waals surface area contributed by atoms with Gasteiger partial charge < -0.3 is 14.0 Å². The molecule has 0 saturated heterocycles. The van der Waals surface area contributed by atoms with Gasteiger partial charge in [-0.15, -0.1) is 0 Å². The van der Waals surface area contributed by atoms with Crippen molar-refractivity contribution in [3.63, 3.8) is 0 Å². The summed E-state index contributed by atoms with van der Waals surface area (Å²) in [5.41, 5.74) is 0.752. The maximum atomic E-state index is 11.9. The van der Waals surface area contributed by atoms with Gasteiger partial charge in [-0.2, -0.15) is 4.99 Å². The van der Waals surface area contributed by atoms with Crippen LogP contribution in [0, 0.1) is 0 Å². The van der Waals surface area contributed by atoms with Gasteiger partial charge in [0.15, 0.2) is 4.80 Å². The summed E-state index contributed by atoms with van der Waals surface area (Å²) in [6, 6.07) is 5.61. The number of aromatic nitrogens is 1. The molecule has 7 heteroatoms. The highest BCUT2D eigenvalue weighted by Gasteiger charge is 2.15. The van der Waals surface area contributed by atoms with Gasteiger partial charge in [0, 0.05) is 6.92 Å². The molecule has 2 rings (SSSR count). The average molecular weight is 322 g/mol. The molecule has 2 aromatic rings. The fourth-order valence-electron chi connectivity index (χ4n) is 2.07. The number of hydrogen-bond donors (Lipinski definition) is 0. The van der Waals surface area contributed by atoms with Crippen LogP contribution in [0.3, 0.4) is 0 Å².